The third-order valence-corrected chi connectivity index (χ3v) is 6.11. The van der Waals surface area contributed by atoms with Gasteiger partial charge in [0.15, 0.2) is 0 Å². The molecule has 0 bridgehead atoms. The lowest BCUT2D eigenvalue weighted by Crippen LogP contribution is -2.53. The van der Waals surface area contributed by atoms with Crippen LogP contribution in [0.1, 0.15) is 30.0 Å². The highest BCUT2D eigenvalue weighted by molar-refractivity contribution is 6.09. The molecule has 1 unspecified atom stereocenters. The zero-order chi connectivity index (χ0) is 22.0. The summed E-state index contributed by atoms with van der Waals surface area (Å²) in [5.74, 6) is 0.139. The monoisotopic (exact) mass is 419 g/mol. The zero-order valence-corrected chi connectivity index (χ0v) is 17.7. The Morgan fingerprint density at radius 3 is 2.84 bits per heavy atom. The predicted octanol–water partition coefficient (Wildman–Crippen LogP) is 3.81. The van der Waals surface area contributed by atoms with Crippen molar-refractivity contribution in [3.8, 4) is 17.6 Å². The van der Waals surface area contributed by atoms with Crippen molar-refractivity contribution in [2.75, 3.05) is 25.0 Å². The fourth-order valence-electron chi connectivity index (χ4n) is 3.94. The minimum Gasteiger partial charge on any atom is -0.455 e. The van der Waals surface area contributed by atoms with Crippen molar-refractivity contribution in [2.24, 2.45) is 0 Å². The molecule has 1 fully saturated rings. The number of hydrogen-bond donors (Lipinski definition) is 3. The zero-order valence-electron chi connectivity index (χ0n) is 17.7. The second-order valence-electron chi connectivity index (χ2n) is 8.03. The van der Waals surface area contributed by atoms with E-state index >= 15 is 0 Å². The summed E-state index contributed by atoms with van der Waals surface area (Å²) in [7, 11) is 2.05. The number of benzene rings is 2. The van der Waals surface area contributed by atoms with Gasteiger partial charge in [-0.05, 0) is 44.0 Å². The molecule has 0 aliphatic carbocycles. The van der Waals surface area contributed by atoms with E-state index in [9.17, 15) is 9.65 Å². The van der Waals surface area contributed by atoms with Crippen molar-refractivity contribution < 1.29 is 9.13 Å². The Balaban J connectivity index is 1.83. The van der Waals surface area contributed by atoms with Gasteiger partial charge in [-0.1, -0.05) is 6.07 Å². The lowest BCUT2D eigenvalue weighted by atomic mass is 9.92. The number of nitriles is 1. The molecule has 160 valence electrons. The van der Waals surface area contributed by atoms with Gasteiger partial charge >= 0.3 is 0 Å². The molecule has 1 atom stereocenters. The van der Waals surface area contributed by atoms with Gasteiger partial charge in [0.2, 0.25) is 0 Å². The van der Waals surface area contributed by atoms with Gasteiger partial charge in [0.25, 0.3) is 0 Å². The summed E-state index contributed by atoms with van der Waals surface area (Å²) in [4.78, 5) is 2.21. The van der Waals surface area contributed by atoms with E-state index < -0.39 is 5.82 Å². The molecule has 2 aromatic carbocycles. The molecule has 1 saturated heterocycles. The first-order valence-corrected chi connectivity index (χ1v) is 10.5. The number of allylic oxidation sites excluding steroid dienone is 1. The number of anilines is 1. The van der Waals surface area contributed by atoms with E-state index in [0.29, 0.717) is 23.4 Å². The number of rotatable bonds is 6. The molecule has 0 radical (unpaired) electrons. The van der Waals surface area contributed by atoms with E-state index in [4.69, 9.17) is 10.1 Å². The SMILES string of the molecule is CC1CCc2c(ccc(/C(C=N)=C/NC3CNC3)c2Oc2cccc(F)c2C#N)N1C. The minimum atomic E-state index is -0.612. The highest BCUT2D eigenvalue weighted by Gasteiger charge is 2.27. The van der Waals surface area contributed by atoms with Crippen LogP contribution in [0.5, 0.6) is 11.5 Å². The van der Waals surface area contributed by atoms with Crippen molar-refractivity contribution in [2.45, 2.75) is 31.8 Å². The Morgan fingerprint density at radius 2 is 2.16 bits per heavy atom. The molecule has 3 N–H and O–H groups in total. The van der Waals surface area contributed by atoms with E-state index in [1.807, 2.05) is 31.4 Å². The van der Waals surface area contributed by atoms with Crippen LogP contribution in [0.15, 0.2) is 36.5 Å². The number of ether oxygens (including phenoxy) is 1. The molecule has 2 heterocycles. The number of halogens is 1. The topological polar surface area (TPSA) is 84.2 Å². The van der Waals surface area contributed by atoms with Crippen LogP contribution >= 0.6 is 0 Å². The summed E-state index contributed by atoms with van der Waals surface area (Å²) in [5.41, 5.74) is 3.34. The average Bonchev–Trinajstić information content (AvgIpc) is 2.73. The summed E-state index contributed by atoms with van der Waals surface area (Å²) in [6.45, 7) is 3.94. The number of nitrogens with zero attached hydrogens (tertiary/aromatic N) is 2. The third kappa shape index (κ3) is 3.99. The van der Waals surface area contributed by atoms with Crippen LogP contribution in [0.2, 0.25) is 0 Å². The average molecular weight is 420 g/mol. The molecule has 2 aliphatic heterocycles. The first-order valence-electron chi connectivity index (χ1n) is 10.5. The second-order valence-corrected chi connectivity index (χ2v) is 8.03. The molecular weight excluding hydrogens is 393 g/mol. The molecule has 2 aliphatic rings. The Morgan fingerprint density at radius 1 is 1.35 bits per heavy atom. The molecule has 0 aromatic heterocycles. The maximum atomic E-state index is 14.2. The normalized spacial score (nSPS) is 18.6. The maximum absolute atomic E-state index is 14.2. The van der Waals surface area contributed by atoms with Gasteiger partial charge in [-0.3, -0.25) is 0 Å². The van der Waals surface area contributed by atoms with Gasteiger partial charge in [0.1, 0.15) is 28.9 Å². The fraction of sp³-hybridized carbons (Fsp3) is 0.333. The smallest absolute Gasteiger partial charge is 0.148 e. The lowest BCUT2D eigenvalue weighted by molar-refractivity contribution is 0.402. The first kappa shape index (κ1) is 20.9. The molecule has 0 amide bonds. The fourth-order valence-corrected chi connectivity index (χ4v) is 3.94. The van der Waals surface area contributed by atoms with Crippen molar-refractivity contribution in [3.05, 3.63) is 59.0 Å². The molecule has 4 rings (SSSR count). The van der Waals surface area contributed by atoms with Gasteiger partial charge < -0.3 is 25.7 Å². The Labute approximate surface area is 181 Å². The van der Waals surface area contributed by atoms with Crippen LogP contribution < -0.4 is 20.3 Å². The molecule has 6 nitrogen and oxygen atoms in total. The minimum absolute atomic E-state index is 0.123. The van der Waals surface area contributed by atoms with Gasteiger partial charge in [-0.25, -0.2) is 4.39 Å². The van der Waals surface area contributed by atoms with Crippen LogP contribution in [0.25, 0.3) is 5.57 Å². The van der Waals surface area contributed by atoms with Crippen LogP contribution in [-0.2, 0) is 6.42 Å². The van der Waals surface area contributed by atoms with Gasteiger partial charge in [-0.2, -0.15) is 5.26 Å². The molecular formula is C24H26FN5O. The first-order chi connectivity index (χ1) is 15.0. The quantitative estimate of drug-likeness (QED) is 0.620. The summed E-state index contributed by atoms with van der Waals surface area (Å²) in [6.07, 6.45) is 4.87. The maximum Gasteiger partial charge on any atom is 0.148 e. The lowest BCUT2D eigenvalue weighted by Gasteiger charge is -2.35. The number of fused-ring (bicyclic) bond motifs is 1. The molecule has 2 aromatic rings. The van der Waals surface area contributed by atoms with Crippen molar-refractivity contribution in [3.63, 3.8) is 0 Å². The van der Waals surface area contributed by atoms with Gasteiger partial charge in [0, 0.05) is 61.0 Å². The summed E-state index contributed by atoms with van der Waals surface area (Å²) >= 11 is 0. The van der Waals surface area contributed by atoms with Crippen LogP contribution in [0.3, 0.4) is 0 Å². The van der Waals surface area contributed by atoms with Gasteiger partial charge in [-0.15, -0.1) is 0 Å². The summed E-state index contributed by atoms with van der Waals surface area (Å²) < 4.78 is 20.5. The molecule has 7 heteroatoms. The van der Waals surface area contributed by atoms with Crippen molar-refractivity contribution in [1.29, 1.82) is 10.7 Å². The van der Waals surface area contributed by atoms with Crippen molar-refractivity contribution >= 4 is 17.5 Å². The number of nitrogens with one attached hydrogen (secondary N) is 3. The van der Waals surface area contributed by atoms with Crippen LogP contribution in [0.4, 0.5) is 10.1 Å². The molecule has 0 spiro atoms. The predicted molar refractivity (Wildman–Crippen MR) is 120 cm³/mol. The van der Waals surface area contributed by atoms with Crippen LogP contribution in [0, 0.1) is 22.6 Å². The number of hydrogen-bond acceptors (Lipinski definition) is 6. The largest absolute Gasteiger partial charge is 0.455 e. The van der Waals surface area contributed by atoms with Gasteiger partial charge in [0.05, 0.1) is 6.04 Å². The summed E-state index contributed by atoms with van der Waals surface area (Å²) in [6, 6.07) is 11.0. The molecule has 0 saturated carbocycles. The molecule has 31 heavy (non-hydrogen) atoms. The Hall–Kier alpha value is -3.37. The van der Waals surface area contributed by atoms with E-state index in [2.05, 4.69) is 22.5 Å². The second kappa shape index (κ2) is 8.78. The highest BCUT2D eigenvalue weighted by Crippen LogP contribution is 2.43. The van der Waals surface area contributed by atoms with E-state index in [1.54, 1.807) is 6.07 Å². The van der Waals surface area contributed by atoms with Crippen LogP contribution in [-0.4, -0.2) is 38.4 Å². The van der Waals surface area contributed by atoms with E-state index in [0.717, 1.165) is 42.7 Å². The van der Waals surface area contributed by atoms with Crippen molar-refractivity contribution in [1.82, 2.24) is 10.6 Å². The van der Waals surface area contributed by atoms with E-state index in [-0.39, 0.29) is 11.3 Å². The standard InChI is InChI=1S/C24H26FN5O/c1-15-6-7-19-22(30(15)2)9-8-18(16(10-26)12-29-17-13-28-14-17)24(19)31-23-5-3-4-21(25)20(23)11-27/h3-5,8-10,12,15,17,26,28-29H,6-7,13-14H2,1-2H3/b16-12+,26-10?. The Bertz CT molecular complexity index is 1070. The Kier molecular flexibility index (Phi) is 5.92. The third-order valence-electron chi connectivity index (χ3n) is 6.11. The van der Waals surface area contributed by atoms with E-state index in [1.165, 1.54) is 18.3 Å². The summed E-state index contributed by atoms with van der Waals surface area (Å²) in [5, 5.41) is 24.0. The highest BCUT2D eigenvalue weighted by atomic mass is 19.1.